The van der Waals surface area contributed by atoms with Crippen LogP contribution in [0.2, 0.25) is 0 Å². The summed E-state index contributed by atoms with van der Waals surface area (Å²) in [5, 5.41) is 0. The second-order valence-electron chi connectivity index (χ2n) is 6.28. The fourth-order valence-electron chi connectivity index (χ4n) is 3.31. The number of nitrogens with zero attached hydrogens (tertiary/aromatic N) is 2. The summed E-state index contributed by atoms with van der Waals surface area (Å²) in [6.45, 7) is 3.15. The van der Waals surface area contributed by atoms with Gasteiger partial charge in [-0.3, -0.25) is 9.59 Å². The molecule has 25 heavy (non-hydrogen) atoms. The number of carbonyl (C=O) groups excluding carboxylic acids is 2. The number of rotatable bonds is 5. The molecule has 0 N–H and O–H groups in total. The number of hydrogen-bond donors (Lipinski definition) is 0. The van der Waals surface area contributed by atoms with E-state index in [2.05, 4.69) is 0 Å². The van der Waals surface area contributed by atoms with Crippen molar-refractivity contribution < 1.29 is 18.7 Å². The molecule has 2 fully saturated rings. The molecule has 2 aliphatic rings. The molecule has 136 valence electrons. The van der Waals surface area contributed by atoms with Crippen molar-refractivity contribution in [2.75, 3.05) is 44.4 Å². The van der Waals surface area contributed by atoms with Gasteiger partial charge >= 0.3 is 0 Å². The van der Waals surface area contributed by atoms with Gasteiger partial charge in [-0.2, -0.15) is 0 Å². The largest absolute Gasteiger partial charge is 0.378 e. The lowest BCUT2D eigenvalue weighted by molar-refractivity contribution is -0.132. The average Bonchev–Trinajstić information content (AvgIpc) is 3.13. The fraction of sp³-hybridized carbons (Fsp3) is 0.556. The lowest BCUT2D eigenvalue weighted by Gasteiger charge is -2.27. The molecular formula is C18H23FN2O3S. The van der Waals surface area contributed by atoms with Crippen LogP contribution in [0.3, 0.4) is 0 Å². The molecule has 3 rings (SSSR count). The molecule has 1 atom stereocenters. The summed E-state index contributed by atoms with van der Waals surface area (Å²) in [7, 11) is 0. The van der Waals surface area contributed by atoms with Gasteiger partial charge in [-0.05, 0) is 30.5 Å². The highest BCUT2D eigenvalue weighted by atomic mass is 32.2. The van der Waals surface area contributed by atoms with E-state index in [0.29, 0.717) is 37.8 Å². The Morgan fingerprint density at radius 3 is 2.48 bits per heavy atom. The van der Waals surface area contributed by atoms with E-state index in [1.54, 1.807) is 17.0 Å². The molecule has 2 amide bonds. The van der Waals surface area contributed by atoms with Crippen LogP contribution in [-0.2, 0) is 14.3 Å². The molecule has 2 saturated heterocycles. The monoisotopic (exact) mass is 366 g/mol. The number of hydrogen-bond acceptors (Lipinski definition) is 4. The van der Waals surface area contributed by atoms with Crippen molar-refractivity contribution in [1.82, 2.24) is 9.80 Å². The van der Waals surface area contributed by atoms with E-state index in [-0.39, 0.29) is 23.7 Å². The Morgan fingerprint density at radius 2 is 1.76 bits per heavy atom. The zero-order valence-electron chi connectivity index (χ0n) is 14.2. The van der Waals surface area contributed by atoms with Crippen LogP contribution in [0, 0.1) is 5.82 Å². The summed E-state index contributed by atoms with van der Waals surface area (Å²) in [6.07, 6.45) is 1.85. The first-order valence-corrected chi connectivity index (χ1v) is 9.79. The van der Waals surface area contributed by atoms with E-state index in [1.807, 2.05) is 4.90 Å². The minimum Gasteiger partial charge on any atom is -0.378 e. The van der Waals surface area contributed by atoms with Crippen LogP contribution in [0.4, 0.5) is 4.39 Å². The molecule has 1 unspecified atom stereocenters. The SMILES string of the molecule is O=C(CSCC(=O)N1CCCC1c1ccc(F)cc1)N1CCOCC1. The summed E-state index contributed by atoms with van der Waals surface area (Å²) in [4.78, 5) is 28.3. The van der Waals surface area contributed by atoms with Crippen LogP contribution in [0.15, 0.2) is 24.3 Å². The third-order valence-electron chi connectivity index (χ3n) is 4.64. The molecule has 0 aromatic heterocycles. The van der Waals surface area contributed by atoms with Crippen molar-refractivity contribution in [3.63, 3.8) is 0 Å². The number of halogens is 1. The zero-order valence-corrected chi connectivity index (χ0v) is 15.0. The molecule has 1 aromatic rings. The molecule has 1 aromatic carbocycles. The number of likely N-dealkylation sites (tertiary alicyclic amines) is 1. The highest BCUT2D eigenvalue weighted by molar-refractivity contribution is 8.00. The van der Waals surface area contributed by atoms with Crippen molar-refractivity contribution >= 4 is 23.6 Å². The molecule has 0 radical (unpaired) electrons. The highest BCUT2D eigenvalue weighted by Gasteiger charge is 2.29. The summed E-state index contributed by atoms with van der Waals surface area (Å²) >= 11 is 1.37. The number of ether oxygens (including phenoxy) is 1. The molecule has 5 nitrogen and oxygen atoms in total. The predicted molar refractivity (Wildman–Crippen MR) is 94.8 cm³/mol. The second kappa shape index (κ2) is 8.67. The van der Waals surface area contributed by atoms with Crippen molar-refractivity contribution in [3.8, 4) is 0 Å². The topological polar surface area (TPSA) is 49.9 Å². The maximum absolute atomic E-state index is 13.1. The first kappa shape index (κ1) is 18.2. The van der Waals surface area contributed by atoms with E-state index in [0.717, 1.165) is 24.9 Å². The van der Waals surface area contributed by atoms with Crippen LogP contribution in [-0.4, -0.2) is 66.0 Å². The lowest BCUT2D eigenvalue weighted by Crippen LogP contribution is -2.41. The maximum Gasteiger partial charge on any atom is 0.233 e. The minimum absolute atomic E-state index is 0.0173. The van der Waals surface area contributed by atoms with Crippen LogP contribution in [0.5, 0.6) is 0 Å². The van der Waals surface area contributed by atoms with E-state index in [9.17, 15) is 14.0 Å². The average molecular weight is 366 g/mol. The van der Waals surface area contributed by atoms with Crippen LogP contribution < -0.4 is 0 Å². The normalized spacial score (nSPS) is 20.8. The van der Waals surface area contributed by atoms with Gasteiger partial charge in [0, 0.05) is 19.6 Å². The molecule has 2 aliphatic heterocycles. The summed E-state index contributed by atoms with van der Waals surface area (Å²) in [6, 6.07) is 6.39. The van der Waals surface area contributed by atoms with Crippen LogP contribution in [0.1, 0.15) is 24.4 Å². The van der Waals surface area contributed by atoms with Gasteiger partial charge in [0.1, 0.15) is 5.82 Å². The Bertz CT molecular complexity index is 605. The number of amides is 2. The van der Waals surface area contributed by atoms with Gasteiger partial charge in [-0.1, -0.05) is 12.1 Å². The molecule has 0 spiro atoms. The van der Waals surface area contributed by atoms with Gasteiger partial charge in [0.25, 0.3) is 0 Å². The summed E-state index contributed by atoms with van der Waals surface area (Å²) in [5.41, 5.74) is 0.974. The number of carbonyl (C=O) groups is 2. The molecule has 0 bridgehead atoms. The smallest absolute Gasteiger partial charge is 0.233 e. The van der Waals surface area contributed by atoms with E-state index < -0.39 is 0 Å². The van der Waals surface area contributed by atoms with Gasteiger partial charge in [0.05, 0.1) is 30.8 Å². The maximum atomic E-state index is 13.1. The van der Waals surface area contributed by atoms with Gasteiger partial charge < -0.3 is 14.5 Å². The fourth-order valence-corrected chi connectivity index (χ4v) is 4.11. The Morgan fingerprint density at radius 1 is 1.08 bits per heavy atom. The molecule has 0 aliphatic carbocycles. The van der Waals surface area contributed by atoms with Crippen molar-refractivity contribution in [2.45, 2.75) is 18.9 Å². The van der Waals surface area contributed by atoms with Gasteiger partial charge in [-0.15, -0.1) is 11.8 Å². The molecule has 7 heteroatoms. The standard InChI is InChI=1S/C18H23FN2O3S/c19-15-5-3-14(4-6-15)16-2-1-7-21(16)18(23)13-25-12-17(22)20-8-10-24-11-9-20/h3-6,16H,1-2,7-13H2. The van der Waals surface area contributed by atoms with Gasteiger partial charge in [0.15, 0.2) is 0 Å². The highest BCUT2D eigenvalue weighted by Crippen LogP contribution is 2.32. The van der Waals surface area contributed by atoms with E-state index in [4.69, 9.17) is 4.74 Å². The zero-order chi connectivity index (χ0) is 17.6. The molecule has 2 heterocycles. The van der Waals surface area contributed by atoms with E-state index in [1.165, 1.54) is 23.9 Å². The first-order valence-electron chi connectivity index (χ1n) is 8.63. The predicted octanol–water partition coefficient (Wildman–Crippen LogP) is 2.08. The number of benzene rings is 1. The Kier molecular flexibility index (Phi) is 6.31. The Balaban J connectivity index is 1.48. The van der Waals surface area contributed by atoms with Gasteiger partial charge in [-0.25, -0.2) is 4.39 Å². The van der Waals surface area contributed by atoms with Crippen molar-refractivity contribution in [3.05, 3.63) is 35.6 Å². The first-order chi connectivity index (χ1) is 12.1. The quantitative estimate of drug-likeness (QED) is 0.801. The Labute approximate surface area is 151 Å². The summed E-state index contributed by atoms with van der Waals surface area (Å²) < 4.78 is 18.3. The molecule has 0 saturated carbocycles. The third-order valence-corrected chi connectivity index (χ3v) is 5.54. The molecular weight excluding hydrogens is 343 g/mol. The van der Waals surface area contributed by atoms with E-state index >= 15 is 0 Å². The van der Waals surface area contributed by atoms with Gasteiger partial charge in [0.2, 0.25) is 11.8 Å². The van der Waals surface area contributed by atoms with Crippen LogP contribution >= 0.6 is 11.8 Å². The number of morpholine rings is 1. The van der Waals surface area contributed by atoms with Crippen molar-refractivity contribution in [2.24, 2.45) is 0 Å². The van der Waals surface area contributed by atoms with Crippen molar-refractivity contribution in [1.29, 1.82) is 0 Å². The summed E-state index contributed by atoms with van der Waals surface area (Å²) in [5.74, 6) is 0.468. The number of thioether (sulfide) groups is 1. The second-order valence-corrected chi connectivity index (χ2v) is 7.27. The Hall–Kier alpha value is -1.60. The lowest BCUT2D eigenvalue weighted by atomic mass is 10.0. The third kappa shape index (κ3) is 4.73. The minimum atomic E-state index is -0.267. The van der Waals surface area contributed by atoms with Crippen LogP contribution in [0.25, 0.3) is 0 Å².